The van der Waals surface area contributed by atoms with Crippen molar-refractivity contribution in [2.24, 2.45) is 0 Å². The first kappa shape index (κ1) is 17.2. The van der Waals surface area contributed by atoms with E-state index in [0.717, 1.165) is 19.6 Å². The molecule has 0 aromatic rings. The zero-order valence-electron chi connectivity index (χ0n) is 13.9. The molecule has 5 nitrogen and oxygen atoms in total. The van der Waals surface area contributed by atoms with Crippen LogP contribution in [0.4, 0.5) is 4.79 Å². The van der Waals surface area contributed by atoms with Crippen molar-refractivity contribution >= 4 is 6.09 Å². The van der Waals surface area contributed by atoms with Gasteiger partial charge in [0.1, 0.15) is 5.60 Å². The van der Waals surface area contributed by atoms with E-state index in [1.807, 2.05) is 20.8 Å². The van der Waals surface area contributed by atoms with E-state index in [9.17, 15) is 4.79 Å². The van der Waals surface area contributed by atoms with Crippen molar-refractivity contribution in [2.45, 2.75) is 58.7 Å². The molecule has 1 unspecified atom stereocenters. The van der Waals surface area contributed by atoms with E-state index < -0.39 is 5.60 Å². The third kappa shape index (κ3) is 6.09. The molecule has 0 spiro atoms. The molecule has 0 bridgehead atoms. The van der Waals surface area contributed by atoms with Gasteiger partial charge in [-0.05, 0) is 47.6 Å². The lowest BCUT2D eigenvalue weighted by molar-refractivity contribution is 0.0299. The van der Waals surface area contributed by atoms with E-state index >= 15 is 0 Å². The van der Waals surface area contributed by atoms with Crippen LogP contribution in [-0.2, 0) is 4.74 Å². The number of likely N-dealkylation sites (tertiary alicyclic amines) is 1. The van der Waals surface area contributed by atoms with E-state index in [0.29, 0.717) is 18.6 Å². The Hall–Kier alpha value is -0.810. The highest BCUT2D eigenvalue weighted by Gasteiger charge is 2.24. The smallest absolute Gasteiger partial charge is 0.410 e. The number of hydrogen-bond donors (Lipinski definition) is 1. The molecule has 0 radical (unpaired) electrons. The molecule has 1 atom stereocenters. The fourth-order valence-corrected chi connectivity index (χ4v) is 2.29. The van der Waals surface area contributed by atoms with Crippen LogP contribution in [0.15, 0.2) is 0 Å². The minimum atomic E-state index is -0.429. The first-order chi connectivity index (χ1) is 9.19. The number of hydrogen-bond acceptors (Lipinski definition) is 4. The Bertz CT molecular complexity index is 313. The van der Waals surface area contributed by atoms with Crippen LogP contribution in [-0.4, -0.2) is 66.8 Å². The van der Waals surface area contributed by atoms with Gasteiger partial charge in [0, 0.05) is 38.8 Å². The number of ether oxygens (including phenoxy) is 1. The second-order valence-electron chi connectivity index (χ2n) is 6.93. The van der Waals surface area contributed by atoms with Crippen LogP contribution in [0.25, 0.3) is 0 Å². The summed E-state index contributed by atoms with van der Waals surface area (Å²) in [6.45, 7) is 13.9. The monoisotopic (exact) mass is 285 g/mol. The minimum absolute atomic E-state index is 0.255. The summed E-state index contributed by atoms with van der Waals surface area (Å²) in [5.41, 5.74) is -0.429. The summed E-state index contributed by atoms with van der Waals surface area (Å²) in [5, 5.41) is 3.52. The van der Waals surface area contributed by atoms with E-state index in [1.54, 1.807) is 11.9 Å². The van der Waals surface area contributed by atoms with E-state index in [4.69, 9.17) is 4.74 Å². The highest BCUT2D eigenvalue weighted by Crippen LogP contribution is 2.12. The molecular formula is C15H31N3O2. The molecule has 5 heteroatoms. The fraction of sp³-hybridized carbons (Fsp3) is 0.933. The molecule has 1 fully saturated rings. The molecule has 1 aliphatic heterocycles. The number of carbonyl (C=O) groups excluding carboxylic acids is 1. The van der Waals surface area contributed by atoms with Crippen LogP contribution in [0.1, 0.15) is 41.0 Å². The van der Waals surface area contributed by atoms with Crippen LogP contribution in [0.3, 0.4) is 0 Å². The lowest BCUT2D eigenvalue weighted by atomic mass is 10.2. The van der Waals surface area contributed by atoms with Crippen molar-refractivity contribution in [3.63, 3.8) is 0 Å². The zero-order valence-corrected chi connectivity index (χ0v) is 13.9. The lowest BCUT2D eigenvalue weighted by Gasteiger charge is -2.25. The van der Waals surface area contributed by atoms with Crippen molar-refractivity contribution in [3.8, 4) is 0 Å². The number of nitrogens with one attached hydrogen (secondary N) is 1. The third-order valence-electron chi connectivity index (χ3n) is 3.54. The largest absolute Gasteiger partial charge is 0.444 e. The van der Waals surface area contributed by atoms with Crippen LogP contribution in [0, 0.1) is 0 Å². The van der Waals surface area contributed by atoms with Crippen LogP contribution in [0.5, 0.6) is 0 Å². The van der Waals surface area contributed by atoms with E-state index in [1.165, 1.54) is 6.42 Å². The maximum absolute atomic E-state index is 11.8. The molecule has 0 aliphatic carbocycles. The normalized spacial score (nSPS) is 20.4. The van der Waals surface area contributed by atoms with Gasteiger partial charge in [-0.3, -0.25) is 4.90 Å². The second-order valence-corrected chi connectivity index (χ2v) is 6.93. The SMILES string of the molecule is CC(C)N1CCC(NCCN(C)C(=O)OC(C)(C)C)C1. The molecule has 1 aliphatic rings. The fourth-order valence-electron chi connectivity index (χ4n) is 2.29. The quantitative estimate of drug-likeness (QED) is 0.838. The summed E-state index contributed by atoms with van der Waals surface area (Å²) < 4.78 is 5.32. The van der Waals surface area contributed by atoms with Gasteiger partial charge in [-0.15, -0.1) is 0 Å². The van der Waals surface area contributed by atoms with Gasteiger partial charge in [-0.2, -0.15) is 0 Å². The highest BCUT2D eigenvalue weighted by atomic mass is 16.6. The maximum Gasteiger partial charge on any atom is 0.410 e. The molecule has 1 N–H and O–H groups in total. The summed E-state index contributed by atoms with van der Waals surface area (Å²) in [5.74, 6) is 0. The first-order valence-electron chi connectivity index (χ1n) is 7.60. The molecule has 0 aromatic heterocycles. The van der Waals surface area contributed by atoms with Crippen LogP contribution in [0.2, 0.25) is 0 Å². The van der Waals surface area contributed by atoms with Gasteiger partial charge < -0.3 is 15.0 Å². The van der Waals surface area contributed by atoms with Gasteiger partial charge in [-0.25, -0.2) is 4.79 Å². The Morgan fingerprint density at radius 1 is 1.45 bits per heavy atom. The number of nitrogens with zero attached hydrogens (tertiary/aromatic N) is 2. The van der Waals surface area contributed by atoms with Crippen molar-refractivity contribution in [1.29, 1.82) is 0 Å². The van der Waals surface area contributed by atoms with Gasteiger partial charge in [0.2, 0.25) is 0 Å². The maximum atomic E-state index is 11.8. The Labute approximate surface area is 123 Å². The zero-order chi connectivity index (χ0) is 15.3. The summed E-state index contributed by atoms with van der Waals surface area (Å²) in [7, 11) is 1.78. The lowest BCUT2D eigenvalue weighted by Crippen LogP contribution is -2.41. The number of rotatable bonds is 5. The average Bonchev–Trinajstić information content (AvgIpc) is 2.75. The topological polar surface area (TPSA) is 44.8 Å². The van der Waals surface area contributed by atoms with Gasteiger partial charge in [-0.1, -0.05) is 0 Å². The standard InChI is InChI=1S/C15H31N3O2/c1-12(2)18-9-7-13(11-18)16-8-10-17(6)14(19)20-15(3,4)5/h12-13,16H,7-11H2,1-6H3. The summed E-state index contributed by atoms with van der Waals surface area (Å²) in [4.78, 5) is 15.9. The van der Waals surface area contributed by atoms with Crippen molar-refractivity contribution < 1.29 is 9.53 Å². The predicted molar refractivity (Wildman–Crippen MR) is 82.0 cm³/mol. The Morgan fingerprint density at radius 3 is 2.60 bits per heavy atom. The number of likely N-dealkylation sites (N-methyl/N-ethyl adjacent to an activating group) is 1. The summed E-state index contributed by atoms with van der Waals surface area (Å²) >= 11 is 0. The van der Waals surface area contributed by atoms with Gasteiger partial charge in [0.05, 0.1) is 0 Å². The van der Waals surface area contributed by atoms with Gasteiger partial charge in [0.25, 0.3) is 0 Å². The summed E-state index contributed by atoms with van der Waals surface area (Å²) in [6.07, 6.45) is 0.934. The van der Waals surface area contributed by atoms with Gasteiger partial charge in [0.15, 0.2) is 0 Å². The van der Waals surface area contributed by atoms with E-state index in [2.05, 4.69) is 24.1 Å². The van der Waals surface area contributed by atoms with Crippen molar-refractivity contribution in [1.82, 2.24) is 15.1 Å². The van der Waals surface area contributed by atoms with Crippen molar-refractivity contribution in [2.75, 3.05) is 33.2 Å². The van der Waals surface area contributed by atoms with Crippen molar-refractivity contribution in [3.05, 3.63) is 0 Å². The Balaban J connectivity index is 2.19. The third-order valence-corrected chi connectivity index (χ3v) is 3.54. The molecule has 0 aromatic carbocycles. The molecule has 1 saturated heterocycles. The minimum Gasteiger partial charge on any atom is -0.444 e. The molecule has 1 amide bonds. The number of amides is 1. The Kier molecular flexibility index (Phi) is 6.27. The Morgan fingerprint density at radius 2 is 2.10 bits per heavy atom. The van der Waals surface area contributed by atoms with Crippen LogP contribution >= 0.6 is 0 Å². The molecule has 118 valence electrons. The molecule has 0 saturated carbocycles. The summed E-state index contributed by atoms with van der Waals surface area (Å²) in [6, 6.07) is 1.16. The van der Waals surface area contributed by atoms with Gasteiger partial charge >= 0.3 is 6.09 Å². The molecule has 1 heterocycles. The highest BCUT2D eigenvalue weighted by molar-refractivity contribution is 5.67. The second kappa shape index (κ2) is 7.27. The van der Waals surface area contributed by atoms with E-state index in [-0.39, 0.29) is 6.09 Å². The predicted octanol–water partition coefficient (Wildman–Crippen LogP) is 1.93. The average molecular weight is 285 g/mol. The first-order valence-corrected chi connectivity index (χ1v) is 7.60. The van der Waals surface area contributed by atoms with Crippen LogP contribution < -0.4 is 5.32 Å². The molecule has 1 rings (SSSR count). The molecular weight excluding hydrogens is 254 g/mol. The number of carbonyl (C=O) groups is 1. The molecule has 20 heavy (non-hydrogen) atoms.